The summed E-state index contributed by atoms with van der Waals surface area (Å²) in [5.41, 5.74) is 7.92. The first-order chi connectivity index (χ1) is 11.1. The normalized spacial score (nSPS) is 18.0. The van der Waals surface area contributed by atoms with Crippen molar-refractivity contribution in [1.82, 2.24) is 9.97 Å². The fourth-order valence-corrected chi connectivity index (χ4v) is 3.18. The number of nitrogen functional groups attached to an aromatic ring is 1. The van der Waals surface area contributed by atoms with E-state index in [1.807, 2.05) is 24.3 Å². The van der Waals surface area contributed by atoms with Gasteiger partial charge in [0.1, 0.15) is 12.0 Å². The van der Waals surface area contributed by atoms with Crippen molar-refractivity contribution < 1.29 is 0 Å². The van der Waals surface area contributed by atoms with Crippen LogP contribution in [0.3, 0.4) is 0 Å². The van der Waals surface area contributed by atoms with Gasteiger partial charge in [0.25, 0.3) is 0 Å². The van der Waals surface area contributed by atoms with Crippen molar-refractivity contribution >= 4 is 28.9 Å². The van der Waals surface area contributed by atoms with Crippen LogP contribution in [0.4, 0.5) is 17.3 Å². The maximum absolute atomic E-state index is 6.30. The third kappa shape index (κ3) is 3.67. The Morgan fingerprint density at radius 2 is 2.17 bits per heavy atom. The molecule has 3 N–H and O–H groups in total. The van der Waals surface area contributed by atoms with Crippen LogP contribution < -0.4 is 16.0 Å². The highest BCUT2D eigenvalue weighted by molar-refractivity contribution is 6.31. The molecule has 0 saturated carbocycles. The minimum Gasteiger partial charge on any atom is -0.393 e. The second-order valence-electron chi connectivity index (χ2n) is 6.10. The number of nitrogens with two attached hydrogens (primary N) is 1. The predicted molar refractivity (Wildman–Crippen MR) is 95.8 cm³/mol. The molecule has 0 aliphatic carbocycles. The molecule has 1 aliphatic rings. The molecule has 1 unspecified atom stereocenters. The average Bonchev–Trinajstić information content (AvgIpc) is 2.55. The Morgan fingerprint density at radius 1 is 1.35 bits per heavy atom. The molecule has 1 aromatic carbocycles. The fourth-order valence-electron chi connectivity index (χ4n) is 2.98. The number of halogens is 1. The maximum atomic E-state index is 6.30. The molecule has 2 heterocycles. The van der Waals surface area contributed by atoms with Gasteiger partial charge in [0, 0.05) is 24.7 Å². The van der Waals surface area contributed by atoms with Crippen LogP contribution in [-0.2, 0) is 6.54 Å². The van der Waals surface area contributed by atoms with Crippen LogP contribution >= 0.6 is 11.6 Å². The number of anilines is 3. The van der Waals surface area contributed by atoms with Crippen LogP contribution in [0.25, 0.3) is 0 Å². The fraction of sp³-hybridized carbons (Fsp3) is 0.412. The minimum absolute atomic E-state index is 0.580. The zero-order chi connectivity index (χ0) is 16.2. The molecular weight excluding hydrogens is 310 g/mol. The summed E-state index contributed by atoms with van der Waals surface area (Å²) in [5.74, 6) is 2.15. The van der Waals surface area contributed by atoms with Crippen LogP contribution in [-0.4, -0.2) is 23.1 Å². The van der Waals surface area contributed by atoms with Gasteiger partial charge in [0.05, 0.1) is 0 Å². The minimum atomic E-state index is 0.580. The highest BCUT2D eigenvalue weighted by Crippen LogP contribution is 2.30. The Kier molecular flexibility index (Phi) is 4.86. The molecule has 5 nitrogen and oxygen atoms in total. The Hall–Kier alpha value is -2.01. The molecule has 2 aromatic rings. The molecule has 1 aromatic heterocycles. The van der Waals surface area contributed by atoms with Crippen molar-refractivity contribution in [3.05, 3.63) is 41.2 Å². The third-order valence-corrected chi connectivity index (χ3v) is 4.59. The smallest absolute Gasteiger partial charge is 0.157 e. The van der Waals surface area contributed by atoms with Gasteiger partial charge in [-0.2, -0.15) is 0 Å². The van der Waals surface area contributed by atoms with E-state index in [2.05, 4.69) is 27.1 Å². The second-order valence-corrected chi connectivity index (χ2v) is 6.51. The quantitative estimate of drug-likeness (QED) is 0.896. The molecule has 3 rings (SSSR count). The van der Waals surface area contributed by atoms with Crippen LogP contribution in [0.2, 0.25) is 5.02 Å². The van der Waals surface area contributed by atoms with Crippen LogP contribution in [0.5, 0.6) is 0 Å². The van der Waals surface area contributed by atoms with E-state index < -0.39 is 0 Å². The monoisotopic (exact) mass is 331 g/mol. The van der Waals surface area contributed by atoms with E-state index in [0.717, 1.165) is 29.5 Å². The summed E-state index contributed by atoms with van der Waals surface area (Å²) in [7, 11) is 0. The number of hydrogen-bond donors (Lipinski definition) is 2. The first kappa shape index (κ1) is 15.9. The highest BCUT2D eigenvalue weighted by atomic mass is 35.5. The molecule has 0 amide bonds. The van der Waals surface area contributed by atoms with E-state index in [0.29, 0.717) is 24.0 Å². The molecule has 1 fully saturated rings. The van der Waals surface area contributed by atoms with Crippen molar-refractivity contribution in [1.29, 1.82) is 0 Å². The van der Waals surface area contributed by atoms with Gasteiger partial charge in [-0.3, -0.25) is 0 Å². The first-order valence-corrected chi connectivity index (χ1v) is 8.35. The summed E-state index contributed by atoms with van der Waals surface area (Å²) in [6.45, 7) is 4.83. The lowest BCUT2D eigenvalue weighted by Crippen LogP contribution is -2.35. The largest absolute Gasteiger partial charge is 0.393 e. The molecule has 122 valence electrons. The standard InChI is InChI=1S/C17H22ClN5/c1-12-5-4-8-23(10-12)17-15(19)16(21-11-22-17)20-9-13-6-2-3-7-14(13)18/h2-3,6-7,11-12H,4-5,8-10,19H2,1H3,(H,20,21,22). The SMILES string of the molecule is CC1CCCN(c2ncnc(NCc3ccccc3Cl)c2N)C1. The molecular formula is C17H22ClN5. The second kappa shape index (κ2) is 7.04. The number of nitrogens with one attached hydrogen (secondary N) is 1. The number of aromatic nitrogens is 2. The van der Waals surface area contributed by atoms with E-state index >= 15 is 0 Å². The van der Waals surface area contributed by atoms with E-state index in [1.165, 1.54) is 12.8 Å². The number of hydrogen-bond acceptors (Lipinski definition) is 5. The Morgan fingerprint density at radius 3 is 2.96 bits per heavy atom. The van der Waals surface area contributed by atoms with E-state index in [9.17, 15) is 0 Å². The lowest BCUT2D eigenvalue weighted by atomic mass is 10.0. The molecule has 1 atom stereocenters. The predicted octanol–water partition coefficient (Wildman–Crippen LogP) is 3.56. The Labute approximate surface area is 141 Å². The van der Waals surface area contributed by atoms with Gasteiger partial charge in [-0.1, -0.05) is 36.7 Å². The number of nitrogens with zero attached hydrogens (tertiary/aromatic N) is 3. The lowest BCUT2D eigenvalue weighted by molar-refractivity contribution is 0.445. The molecule has 0 bridgehead atoms. The van der Waals surface area contributed by atoms with Crippen molar-refractivity contribution in [2.24, 2.45) is 5.92 Å². The van der Waals surface area contributed by atoms with Crippen LogP contribution in [0.1, 0.15) is 25.3 Å². The van der Waals surface area contributed by atoms with Crippen molar-refractivity contribution in [2.75, 3.05) is 29.0 Å². The Balaban J connectivity index is 1.76. The highest BCUT2D eigenvalue weighted by Gasteiger charge is 2.21. The van der Waals surface area contributed by atoms with E-state index in [1.54, 1.807) is 6.33 Å². The van der Waals surface area contributed by atoms with Gasteiger partial charge in [-0.25, -0.2) is 9.97 Å². The van der Waals surface area contributed by atoms with E-state index in [4.69, 9.17) is 17.3 Å². The van der Waals surface area contributed by atoms with Gasteiger partial charge in [0.15, 0.2) is 11.6 Å². The molecule has 6 heteroatoms. The molecule has 1 saturated heterocycles. The van der Waals surface area contributed by atoms with Crippen LogP contribution in [0, 0.1) is 5.92 Å². The van der Waals surface area contributed by atoms with Gasteiger partial charge in [0.2, 0.25) is 0 Å². The maximum Gasteiger partial charge on any atom is 0.157 e. The topological polar surface area (TPSA) is 67.1 Å². The van der Waals surface area contributed by atoms with Gasteiger partial charge in [-0.15, -0.1) is 0 Å². The molecule has 0 radical (unpaired) electrons. The summed E-state index contributed by atoms with van der Waals surface area (Å²) >= 11 is 6.19. The van der Waals surface area contributed by atoms with Crippen molar-refractivity contribution in [3.63, 3.8) is 0 Å². The average molecular weight is 332 g/mol. The third-order valence-electron chi connectivity index (χ3n) is 4.22. The lowest BCUT2D eigenvalue weighted by Gasteiger charge is -2.32. The van der Waals surface area contributed by atoms with Gasteiger partial charge in [-0.05, 0) is 30.4 Å². The molecule has 23 heavy (non-hydrogen) atoms. The summed E-state index contributed by atoms with van der Waals surface area (Å²) in [6.07, 6.45) is 4.01. The zero-order valence-corrected chi connectivity index (χ0v) is 14.1. The number of rotatable bonds is 4. The first-order valence-electron chi connectivity index (χ1n) is 7.98. The molecule has 0 spiro atoms. The number of piperidine rings is 1. The summed E-state index contributed by atoms with van der Waals surface area (Å²) in [6, 6.07) is 7.75. The van der Waals surface area contributed by atoms with Gasteiger partial charge < -0.3 is 16.0 Å². The van der Waals surface area contributed by atoms with Gasteiger partial charge >= 0.3 is 0 Å². The summed E-state index contributed by atoms with van der Waals surface area (Å²) < 4.78 is 0. The summed E-state index contributed by atoms with van der Waals surface area (Å²) in [4.78, 5) is 10.9. The van der Waals surface area contributed by atoms with Crippen LogP contribution in [0.15, 0.2) is 30.6 Å². The summed E-state index contributed by atoms with van der Waals surface area (Å²) in [5, 5.41) is 4.01. The van der Waals surface area contributed by atoms with E-state index in [-0.39, 0.29) is 0 Å². The van der Waals surface area contributed by atoms with Crippen molar-refractivity contribution in [2.45, 2.75) is 26.3 Å². The molecule has 1 aliphatic heterocycles. The number of benzene rings is 1. The Bertz CT molecular complexity index is 676. The zero-order valence-electron chi connectivity index (χ0n) is 13.3. The van der Waals surface area contributed by atoms with Crippen molar-refractivity contribution in [3.8, 4) is 0 Å².